The molecule has 1 N–H and O–H groups in total. The van der Waals surface area contributed by atoms with Crippen LogP contribution < -0.4 is 5.32 Å². The average Bonchev–Trinajstić information content (AvgIpc) is 3.02. The molecule has 0 aliphatic heterocycles. The summed E-state index contributed by atoms with van der Waals surface area (Å²) < 4.78 is 0. The first-order valence-electron chi connectivity index (χ1n) is 7.16. The molecule has 0 heterocycles. The van der Waals surface area contributed by atoms with Gasteiger partial charge in [0.15, 0.2) is 0 Å². The monoisotopic (exact) mass is 241 g/mol. The zero-order valence-corrected chi connectivity index (χ0v) is 11.6. The Bertz CT molecular complexity index is 195. The SMILES string of the molecule is CCSCCCC1(CNC2CC2)CCCC1. The Hall–Kier alpha value is 0.310. The summed E-state index contributed by atoms with van der Waals surface area (Å²) in [6.07, 6.45) is 11.7. The number of nitrogens with one attached hydrogen (secondary N) is 1. The maximum Gasteiger partial charge on any atom is 0.00684 e. The average molecular weight is 241 g/mol. The molecule has 0 saturated heterocycles. The molecular weight excluding hydrogens is 214 g/mol. The van der Waals surface area contributed by atoms with Crippen LogP contribution in [0.1, 0.15) is 58.3 Å². The summed E-state index contributed by atoms with van der Waals surface area (Å²) in [5.74, 6) is 2.66. The van der Waals surface area contributed by atoms with E-state index < -0.39 is 0 Å². The predicted molar refractivity (Wildman–Crippen MR) is 74.2 cm³/mol. The standard InChI is InChI=1S/C14H27NS/c1-2-16-11-5-10-14(8-3-4-9-14)12-15-13-6-7-13/h13,15H,2-12H2,1H3. The van der Waals surface area contributed by atoms with Crippen LogP contribution in [0.4, 0.5) is 0 Å². The second kappa shape index (κ2) is 6.30. The van der Waals surface area contributed by atoms with Gasteiger partial charge in [-0.3, -0.25) is 0 Å². The topological polar surface area (TPSA) is 12.0 Å². The van der Waals surface area contributed by atoms with Gasteiger partial charge in [-0.2, -0.15) is 11.8 Å². The van der Waals surface area contributed by atoms with Crippen LogP contribution in [0, 0.1) is 5.41 Å². The number of hydrogen-bond donors (Lipinski definition) is 1. The second-order valence-corrected chi connectivity index (χ2v) is 7.06. The van der Waals surface area contributed by atoms with Gasteiger partial charge in [0.2, 0.25) is 0 Å². The Morgan fingerprint density at radius 2 is 2.00 bits per heavy atom. The molecule has 94 valence electrons. The number of rotatable bonds is 8. The van der Waals surface area contributed by atoms with E-state index in [0.717, 1.165) is 6.04 Å². The Balaban J connectivity index is 1.68. The van der Waals surface area contributed by atoms with E-state index in [1.807, 2.05) is 0 Å². The van der Waals surface area contributed by atoms with E-state index in [-0.39, 0.29) is 0 Å². The molecule has 0 aromatic rings. The summed E-state index contributed by atoms with van der Waals surface area (Å²) in [6.45, 7) is 3.58. The molecule has 0 bridgehead atoms. The van der Waals surface area contributed by atoms with Gasteiger partial charge in [-0.15, -0.1) is 0 Å². The highest BCUT2D eigenvalue weighted by Crippen LogP contribution is 2.42. The quantitative estimate of drug-likeness (QED) is 0.648. The van der Waals surface area contributed by atoms with Crippen molar-refractivity contribution >= 4 is 11.8 Å². The minimum atomic E-state index is 0.691. The molecule has 2 aliphatic carbocycles. The molecule has 0 atom stereocenters. The van der Waals surface area contributed by atoms with Crippen molar-refractivity contribution in [2.45, 2.75) is 64.3 Å². The Labute approximate surface area is 105 Å². The molecule has 2 rings (SSSR count). The van der Waals surface area contributed by atoms with Crippen molar-refractivity contribution in [2.24, 2.45) is 5.41 Å². The van der Waals surface area contributed by atoms with Gasteiger partial charge in [0.05, 0.1) is 0 Å². The van der Waals surface area contributed by atoms with Crippen molar-refractivity contribution in [1.29, 1.82) is 0 Å². The Morgan fingerprint density at radius 3 is 2.62 bits per heavy atom. The van der Waals surface area contributed by atoms with Gasteiger partial charge in [-0.05, 0) is 55.4 Å². The van der Waals surface area contributed by atoms with Crippen LogP contribution in [0.3, 0.4) is 0 Å². The van der Waals surface area contributed by atoms with Gasteiger partial charge in [-0.25, -0.2) is 0 Å². The molecule has 2 aliphatic rings. The molecule has 0 unspecified atom stereocenters. The Kier molecular flexibility index (Phi) is 5.02. The van der Waals surface area contributed by atoms with Crippen molar-refractivity contribution in [2.75, 3.05) is 18.1 Å². The van der Waals surface area contributed by atoms with E-state index >= 15 is 0 Å². The lowest BCUT2D eigenvalue weighted by atomic mass is 9.81. The van der Waals surface area contributed by atoms with Crippen molar-refractivity contribution in [3.05, 3.63) is 0 Å². The molecule has 0 spiro atoms. The summed E-state index contributed by atoms with van der Waals surface area (Å²) in [7, 11) is 0. The maximum absolute atomic E-state index is 3.77. The van der Waals surface area contributed by atoms with Crippen LogP contribution in [-0.2, 0) is 0 Å². The first-order valence-corrected chi connectivity index (χ1v) is 8.31. The molecule has 2 fully saturated rings. The van der Waals surface area contributed by atoms with Gasteiger partial charge in [0.1, 0.15) is 0 Å². The van der Waals surface area contributed by atoms with Crippen LogP contribution in [0.25, 0.3) is 0 Å². The van der Waals surface area contributed by atoms with E-state index in [4.69, 9.17) is 0 Å². The maximum atomic E-state index is 3.77. The smallest absolute Gasteiger partial charge is 0.00684 e. The summed E-state index contributed by atoms with van der Waals surface area (Å²) in [5.41, 5.74) is 0.691. The van der Waals surface area contributed by atoms with Gasteiger partial charge >= 0.3 is 0 Å². The largest absolute Gasteiger partial charge is 0.313 e. The normalized spacial score (nSPS) is 23.8. The molecule has 0 aromatic heterocycles. The van der Waals surface area contributed by atoms with Crippen molar-refractivity contribution < 1.29 is 0 Å². The third kappa shape index (κ3) is 3.96. The molecular formula is C14H27NS. The summed E-state index contributed by atoms with van der Waals surface area (Å²) in [6, 6.07) is 0.891. The van der Waals surface area contributed by atoms with Crippen LogP contribution in [0.2, 0.25) is 0 Å². The fourth-order valence-corrected chi connectivity index (χ4v) is 3.62. The minimum Gasteiger partial charge on any atom is -0.313 e. The van der Waals surface area contributed by atoms with Crippen molar-refractivity contribution in [3.8, 4) is 0 Å². The number of hydrogen-bond acceptors (Lipinski definition) is 2. The van der Waals surface area contributed by atoms with E-state index in [9.17, 15) is 0 Å². The van der Waals surface area contributed by atoms with Gasteiger partial charge < -0.3 is 5.32 Å². The third-order valence-electron chi connectivity index (χ3n) is 4.21. The van der Waals surface area contributed by atoms with E-state index in [2.05, 4.69) is 24.0 Å². The fraction of sp³-hybridized carbons (Fsp3) is 1.00. The van der Waals surface area contributed by atoms with Crippen LogP contribution in [-0.4, -0.2) is 24.1 Å². The van der Waals surface area contributed by atoms with Crippen molar-refractivity contribution in [3.63, 3.8) is 0 Å². The van der Waals surface area contributed by atoms with Crippen LogP contribution >= 0.6 is 11.8 Å². The first-order chi connectivity index (χ1) is 7.85. The fourth-order valence-electron chi connectivity index (χ4n) is 2.98. The van der Waals surface area contributed by atoms with Crippen molar-refractivity contribution in [1.82, 2.24) is 5.32 Å². The second-order valence-electron chi connectivity index (χ2n) is 5.66. The lowest BCUT2D eigenvalue weighted by Gasteiger charge is -2.29. The lowest BCUT2D eigenvalue weighted by Crippen LogP contribution is -2.33. The lowest BCUT2D eigenvalue weighted by molar-refractivity contribution is 0.254. The van der Waals surface area contributed by atoms with Crippen LogP contribution in [0.15, 0.2) is 0 Å². The molecule has 1 nitrogen and oxygen atoms in total. The molecule has 0 radical (unpaired) electrons. The molecule has 2 heteroatoms. The Morgan fingerprint density at radius 1 is 1.25 bits per heavy atom. The predicted octanol–water partition coefficient (Wildman–Crippen LogP) is 3.83. The molecule has 16 heavy (non-hydrogen) atoms. The highest BCUT2D eigenvalue weighted by molar-refractivity contribution is 7.99. The zero-order valence-electron chi connectivity index (χ0n) is 10.8. The molecule has 2 saturated carbocycles. The van der Waals surface area contributed by atoms with Gasteiger partial charge in [0, 0.05) is 12.6 Å². The summed E-state index contributed by atoms with van der Waals surface area (Å²) >= 11 is 2.11. The highest BCUT2D eigenvalue weighted by Gasteiger charge is 2.34. The van der Waals surface area contributed by atoms with E-state index in [0.29, 0.717) is 5.41 Å². The summed E-state index contributed by atoms with van der Waals surface area (Å²) in [4.78, 5) is 0. The summed E-state index contributed by atoms with van der Waals surface area (Å²) in [5, 5.41) is 3.77. The van der Waals surface area contributed by atoms with E-state index in [1.165, 1.54) is 69.4 Å². The zero-order chi connectivity index (χ0) is 11.3. The van der Waals surface area contributed by atoms with Gasteiger partial charge in [-0.1, -0.05) is 19.8 Å². The third-order valence-corrected chi connectivity index (χ3v) is 5.19. The molecule has 0 aromatic carbocycles. The minimum absolute atomic E-state index is 0.691. The highest BCUT2D eigenvalue weighted by atomic mass is 32.2. The number of thioether (sulfide) groups is 1. The van der Waals surface area contributed by atoms with Crippen LogP contribution in [0.5, 0.6) is 0 Å². The molecule has 0 amide bonds. The van der Waals surface area contributed by atoms with E-state index in [1.54, 1.807) is 0 Å². The first kappa shape index (κ1) is 12.8. The van der Waals surface area contributed by atoms with Gasteiger partial charge in [0.25, 0.3) is 0 Å².